The lowest BCUT2D eigenvalue weighted by Gasteiger charge is -2.26. The first-order chi connectivity index (χ1) is 13.2. The van der Waals surface area contributed by atoms with Crippen LogP contribution in [0, 0.1) is 0 Å². The van der Waals surface area contributed by atoms with Crippen molar-refractivity contribution in [3.63, 3.8) is 0 Å². The second-order valence-electron chi connectivity index (χ2n) is 8.71. The van der Waals surface area contributed by atoms with Gasteiger partial charge in [-0.25, -0.2) is 0 Å². The van der Waals surface area contributed by atoms with Gasteiger partial charge < -0.3 is 15.1 Å². The van der Waals surface area contributed by atoms with Crippen LogP contribution in [-0.2, 0) is 0 Å². The quantitative estimate of drug-likeness (QED) is 0.484. The number of nitrogens with one attached hydrogen (secondary N) is 2. The van der Waals surface area contributed by atoms with Crippen molar-refractivity contribution in [3.05, 3.63) is 58.7 Å². The lowest BCUT2D eigenvalue weighted by atomic mass is 9.82. The molecule has 0 saturated carbocycles. The lowest BCUT2D eigenvalue weighted by molar-refractivity contribution is -0.870. The van der Waals surface area contributed by atoms with E-state index in [-0.39, 0.29) is 17.6 Å². The molecule has 28 heavy (non-hydrogen) atoms. The third-order valence-electron chi connectivity index (χ3n) is 4.84. The van der Waals surface area contributed by atoms with Gasteiger partial charge in [0.15, 0.2) is 11.6 Å². The molecule has 0 saturated heterocycles. The summed E-state index contributed by atoms with van der Waals surface area (Å²) in [6, 6.07) is 11.1. The molecular weight excluding hydrogens is 350 g/mol. The molecule has 2 aromatic rings. The van der Waals surface area contributed by atoms with Gasteiger partial charge in [-0.15, -0.1) is 0 Å². The van der Waals surface area contributed by atoms with Crippen molar-refractivity contribution in [2.24, 2.45) is 0 Å². The number of quaternary nitrogens is 1. The Morgan fingerprint density at radius 1 is 0.857 bits per heavy atom. The van der Waals surface area contributed by atoms with Crippen LogP contribution in [0.15, 0.2) is 36.4 Å². The summed E-state index contributed by atoms with van der Waals surface area (Å²) in [6.07, 6.45) is 0.975. The van der Waals surface area contributed by atoms with Gasteiger partial charge in [-0.05, 0) is 26.0 Å². The normalized spacial score (nSPS) is 13.4. The van der Waals surface area contributed by atoms with Gasteiger partial charge in [0.25, 0.3) is 0 Å². The molecule has 5 nitrogen and oxygen atoms in total. The molecule has 0 aliphatic heterocycles. The molecule has 0 spiro atoms. The van der Waals surface area contributed by atoms with Crippen molar-refractivity contribution >= 4 is 22.9 Å². The van der Waals surface area contributed by atoms with Gasteiger partial charge in [-0.1, -0.05) is 24.3 Å². The van der Waals surface area contributed by atoms with Crippen molar-refractivity contribution in [1.82, 2.24) is 0 Å². The van der Waals surface area contributed by atoms with Crippen molar-refractivity contribution in [2.75, 3.05) is 44.9 Å². The van der Waals surface area contributed by atoms with Gasteiger partial charge in [-0.2, -0.15) is 0 Å². The number of rotatable bonds is 7. The van der Waals surface area contributed by atoms with Crippen LogP contribution >= 0.6 is 0 Å². The summed E-state index contributed by atoms with van der Waals surface area (Å²) in [6.45, 7) is 5.82. The minimum Gasteiger partial charge on any atom is -0.384 e. The van der Waals surface area contributed by atoms with Crippen LogP contribution in [0.3, 0.4) is 0 Å². The van der Waals surface area contributed by atoms with Crippen LogP contribution in [0.1, 0.15) is 52.1 Å². The van der Waals surface area contributed by atoms with Gasteiger partial charge in [0.05, 0.1) is 38.8 Å². The standard InChI is InChI=1S/C23H29N3O2/c1-15(2)25-19-12-11-18(24-13-8-14-26(3,4)5)20-21(19)23(28)17-10-7-6-9-16(17)22(20)27/h6-7,9-12,15H,8,13-14H2,1-5H3,(H-,24,25,27,28)/p+1. The van der Waals surface area contributed by atoms with Gasteiger partial charge in [0.2, 0.25) is 0 Å². The summed E-state index contributed by atoms with van der Waals surface area (Å²) < 4.78 is 0.891. The van der Waals surface area contributed by atoms with Crippen molar-refractivity contribution in [2.45, 2.75) is 26.3 Å². The van der Waals surface area contributed by atoms with Crippen LogP contribution in [0.5, 0.6) is 0 Å². The summed E-state index contributed by atoms with van der Waals surface area (Å²) in [5.74, 6) is -0.185. The summed E-state index contributed by atoms with van der Waals surface area (Å²) in [4.78, 5) is 26.5. The number of carbonyl (C=O) groups is 2. The largest absolute Gasteiger partial charge is 0.384 e. The van der Waals surface area contributed by atoms with E-state index in [9.17, 15) is 9.59 Å². The Kier molecular flexibility index (Phi) is 5.57. The zero-order chi connectivity index (χ0) is 20.5. The van der Waals surface area contributed by atoms with E-state index < -0.39 is 0 Å². The molecule has 148 valence electrons. The Morgan fingerprint density at radius 3 is 1.93 bits per heavy atom. The van der Waals surface area contributed by atoms with Crippen LogP contribution in [-0.4, -0.2) is 56.3 Å². The molecule has 1 aliphatic carbocycles. The van der Waals surface area contributed by atoms with E-state index in [4.69, 9.17) is 0 Å². The molecular formula is C23H30N3O2+. The number of benzene rings is 2. The fraction of sp³-hybridized carbons (Fsp3) is 0.391. The Hall–Kier alpha value is -2.66. The topological polar surface area (TPSA) is 58.2 Å². The van der Waals surface area contributed by atoms with E-state index >= 15 is 0 Å². The second kappa shape index (κ2) is 7.76. The Morgan fingerprint density at radius 2 is 1.39 bits per heavy atom. The SMILES string of the molecule is CC(C)Nc1ccc(NCCC[N+](C)(C)C)c2c1C(=O)c1ccccc1C2=O. The van der Waals surface area contributed by atoms with Gasteiger partial charge in [0, 0.05) is 41.5 Å². The van der Waals surface area contributed by atoms with E-state index in [0.29, 0.717) is 22.3 Å². The highest BCUT2D eigenvalue weighted by Crippen LogP contribution is 2.36. The summed E-state index contributed by atoms with van der Waals surface area (Å²) in [7, 11) is 6.48. The molecule has 0 amide bonds. The zero-order valence-corrected chi connectivity index (χ0v) is 17.4. The van der Waals surface area contributed by atoms with Gasteiger partial charge in [0.1, 0.15) is 0 Å². The fourth-order valence-corrected chi connectivity index (χ4v) is 3.58. The highest BCUT2D eigenvalue weighted by atomic mass is 16.1. The zero-order valence-electron chi connectivity index (χ0n) is 17.4. The highest BCUT2D eigenvalue weighted by Gasteiger charge is 2.33. The maximum Gasteiger partial charge on any atom is 0.196 e. The first-order valence-corrected chi connectivity index (χ1v) is 9.85. The molecule has 0 aromatic heterocycles. The predicted octanol–water partition coefficient (Wildman–Crippen LogP) is 3.79. The predicted molar refractivity (Wildman–Crippen MR) is 115 cm³/mol. The maximum absolute atomic E-state index is 13.3. The average molecular weight is 381 g/mol. The number of anilines is 2. The van der Waals surface area contributed by atoms with Crippen LogP contribution in [0.2, 0.25) is 0 Å². The minimum absolute atomic E-state index is 0.0910. The van der Waals surface area contributed by atoms with Crippen LogP contribution < -0.4 is 10.6 Å². The summed E-state index contributed by atoms with van der Waals surface area (Å²) in [5.41, 5.74) is 3.38. The molecule has 0 heterocycles. The fourth-order valence-electron chi connectivity index (χ4n) is 3.58. The lowest BCUT2D eigenvalue weighted by Crippen LogP contribution is -2.36. The maximum atomic E-state index is 13.3. The van der Waals surface area contributed by atoms with Crippen molar-refractivity contribution in [3.8, 4) is 0 Å². The molecule has 2 N–H and O–H groups in total. The molecule has 0 fully saturated rings. The minimum atomic E-state index is -0.0941. The number of ketones is 2. The first-order valence-electron chi connectivity index (χ1n) is 9.85. The number of carbonyl (C=O) groups excluding carboxylic acids is 2. The first kappa shape index (κ1) is 20.1. The Balaban J connectivity index is 2.00. The van der Waals surface area contributed by atoms with E-state index in [2.05, 4.69) is 31.8 Å². The molecule has 0 unspecified atom stereocenters. The molecule has 0 bridgehead atoms. The highest BCUT2D eigenvalue weighted by molar-refractivity contribution is 6.31. The summed E-state index contributed by atoms with van der Waals surface area (Å²) in [5, 5.41) is 6.72. The number of nitrogens with zero attached hydrogens (tertiary/aromatic N) is 1. The molecule has 0 radical (unpaired) electrons. The summed E-state index contributed by atoms with van der Waals surface area (Å²) >= 11 is 0. The van der Waals surface area contributed by atoms with Crippen molar-refractivity contribution < 1.29 is 14.1 Å². The molecule has 3 rings (SSSR count). The smallest absolute Gasteiger partial charge is 0.196 e. The van der Waals surface area contributed by atoms with Gasteiger partial charge >= 0.3 is 0 Å². The Labute approximate surface area is 167 Å². The molecule has 0 atom stereocenters. The van der Waals surface area contributed by atoms with E-state index in [1.165, 1.54) is 0 Å². The molecule has 2 aromatic carbocycles. The van der Waals surface area contributed by atoms with Gasteiger partial charge in [-0.3, -0.25) is 9.59 Å². The second-order valence-corrected chi connectivity index (χ2v) is 8.71. The third-order valence-corrected chi connectivity index (χ3v) is 4.84. The van der Waals surface area contributed by atoms with Crippen molar-refractivity contribution in [1.29, 1.82) is 0 Å². The number of fused-ring (bicyclic) bond motifs is 2. The van der Waals surface area contributed by atoms with E-state index in [1.54, 1.807) is 24.3 Å². The molecule has 5 heteroatoms. The Bertz CT molecular complexity index is 911. The van der Waals surface area contributed by atoms with Crippen LogP contribution in [0.4, 0.5) is 11.4 Å². The average Bonchev–Trinajstić information content (AvgIpc) is 2.62. The third kappa shape index (κ3) is 4.09. The van der Waals surface area contributed by atoms with E-state index in [1.807, 2.05) is 26.0 Å². The number of hydrogen-bond acceptors (Lipinski definition) is 4. The monoisotopic (exact) mass is 380 g/mol. The van der Waals surface area contributed by atoms with E-state index in [0.717, 1.165) is 35.4 Å². The number of hydrogen-bond donors (Lipinski definition) is 2. The van der Waals surface area contributed by atoms with Crippen LogP contribution in [0.25, 0.3) is 0 Å². The molecule has 1 aliphatic rings.